The maximum Gasteiger partial charge on any atom is 0.350 e. The van der Waals surface area contributed by atoms with E-state index in [0.29, 0.717) is 11.4 Å². The van der Waals surface area contributed by atoms with E-state index < -0.39 is 16.0 Å². The Labute approximate surface area is 164 Å². The van der Waals surface area contributed by atoms with Crippen molar-refractivity contribution in [2.75, 3.05) is 16.6 Å². The van der Waals surface area contributed by atoms with Crippen molar-refractivity contribution in [3.05, 3.63) is 65.4 Å². The van der Waals surface area contributed by atoms with Crippen LogP contribution in [0.25, 0.3) is 0 Å². The van der Waals surface area contributed by atoms with Gasteiger partial charge in [-0.15, -0.1) is 0 Å². The summed E-state index contributed by atoms with van der Waals surface area (Å²) < 4.78 is 32.5. The monoisotopic (exact) mass is 399 g/mol. The van der Waals surface area contributed by atoms with Crippen LogP contribution in [0.15, 0.2) is 59.1 Å². The van der Waals surface area contributed by atoms with E-state index in [4.69, 9.17) is 10.00 Å². The summed E-state index contributed by atoms with van der Waals surface area (Å²) in [6.07, 6.45) is 1.22. The lowest BCUT2D eigenvalue weighted by Gasteiger charge is -2.11. The Bertz CT molecular complexity index is 1040. The summed E-state index contributed by atoms with van der Waals surface area (Å²) >= 11 is 0. The first kappa shape index (κ1) is 21.0. The van der Waals surface area contributed by atoms with E-state index in [1.807, 2.05) is 26.0 Å². The molecule has 0 heterocycles. The third-order valence-corrected chi connectivity index (χ3v) is 5.17. The van der Waals surface area contributed by atoms with E-state index in [0.717, 1.165) is 11.1 Å². The number of hydrogen-bond acceptors (Lipinski definition) is 6. The Hall–Kier alpha value is -3.31. The molecule has 0 aromatic heterocycles. The van der Waals surface area contributed by atoms with Crippen LogP contribution < -0.4 is 10.0 Å². The quantitative estimate of drug-likeness (QED) is 0.419. The fourth-order valence-corrected chi connectivity index (χ4v) is 3.49. The molecule has 28 heavy (non-hydrogen) atoms. The van der Waals surface area contributed by atoms with E-state index in [2.05, 4.69) is 10.0 Å². The molecule has 0 radical (unpaired) electrons. The molecule has 0 saturated heterocycles. The Kier molecular flexibility index (Phi) is 6.79. The van der Waals surface area contributed by atoms with Crippen molar-refractivity contribution in [1.29, 1.82) is 5.26 Å². The molecule has 0 saturated carbocycles. The summed E-state index contributed by atoms with van der Waals surface area (Å²) in [6.45, 7) is 5.58. The maximum atomic E-state index is 12.6. The molecule has 0 aliphatic rings. The number of carbonyl (C=O) groups is 1. The van der Waals surface area contributed by atoms with Gasteiger partial charge in [0.2, 0.25) is 0 Å². The highest BCUT2D eigenvalue weighted by molar-refractivity contribution is 7.92. The topological polar surface area (TPSA) is 108 Å². The molecule has 0 aliphatic carbocycles. The molecule has 146 valence electrons. The lowest BCUT2D eigenvalue weighted by Crippen LogP contribution is -2.13. The minimum atomic E-state index is -3.74. The van der Waals surface area contributed by atoms with Gasteiger partial charge in [0.05, 0.1) is 17.2 Å². The van der Waals surface area contributed by atoms with Gasteiger partial charge in [0, 0.05) is 11.9 Å². The molecule has 0 aliphatic heterocycles. The number of rotatable bonds is 7. The largest absolute Gasteiger partial charge is 0.462 e. The van der Waals surface area contributed by atoms with Crippen molar-refractivity contribution in [3.8, 4) is 6.07 Å². The van der Waals surface area contributed by atoms with Crippen LogP contribution in [0.4, 0.5) is 11.4 Å². The van der Waals surface area contributed by atoms with E-state index >= 15 is 0 Å². The minimum Gasteiger partial charge on any atom is -0.462 e. The lowest BCUT2D eigenvalue weighted by atomic mass is 10.1. The molecular weight excluding hydrogens is 378 g/mol. The molecule has 0 unspecified atom stereocenters. The van der Waals surface area contributed by atoms with Crippen molar-refractivity contribution in [3.63, 3.8) is 0 Å². The fourth-order valence-electron chi connectivity index (χ4n) is 2.36. The van der Waals surface area contributed by atoms with Gasteiger partial charge < -0.3 is 10.1 Å². The predicted molar refractivity (Wildman–Crippen MR) is 107 cm³/mol. The Morgan fingerprint density at radius 3 is 2.43 bits per heavy atom. The third kappa shape index (κ3) is 5.34. The number of ether oxygens (including phenoxy) is 1. The molecule has 0 amide bonds. The summed E-state index contributed by atoms with van der Waals surface area (Å²) in [5, 5.41) is 11.8. The number of benzene rings is 2. The first-order valence-electron chi connectivity index (χ1n) is 8.51. The van der Waals surface area contributed by atoms with Crippen LogP contribution in [-0.2, 0) is 19.6 Å². The van der Waals surface area contributed by atoms with Crippen molar-refractivity contribution in [2.45, 2.75) is 25.7 Å². The second-order valence-corrected chi connectivity index (χ2v) is 7.67. The van der Waals surface area contributed by atoms with Crippen LogP contribution in [0.3, 0.4) is 0 Å². The van der Waals surface area contributed by atoms with E-state index in [-0.39, 0.29) is 17.1 Å². The summed E-state index contributed by atoms with van der Waals surface area (Å²) in [5.41, 5.74) is 2.72. The minimum absolute atomic E-state index is 0.0907. The molecule has 0 spiro atoms. The Morgan fingerprint density at radius 1 is 1.18 bits per heavy atom. The number of anilines is 2. The van der Waals surface area contributed by atoms with Gasteiger partial charge in [-0.25, -0.2) is 13.2 Å². The number of nitriles is 1. The van der Waals surface area contributed by atoms with Gasteiger partial charge in [-0.05, 0) is 56.7 Å². The molecule has 2 aromatic rings. The normalized spacial score (nSPS) is 11.4. The van der Waals surface area contributed by atoms with Gasteiger partial charge in [0.1, 0.15) is 6.07 Å². The standard InChI is InChI=1S/C20H21N3O4S/c1-4-27-20(24)16(12-21)13-22-17-6-8-18(9-7-17)28(25,26)23-19-10-5-14(2)11-15(19)3/h5-11,13,22-23H,4H2,1-3H3/b16-13-. The average Bonchev–Trinajstić information content (AvgIpc) is 2.65. The van der Waals surface area contributed by atoms with Crippen LogP contribution >= 0.6 is 0 Å². The average molecular weight is 399 g/mol. The molecular formula is C20H21N3O4S. The second kappa shape index (κ2) is 9.06. The maximum absolute atomic E-state index is 12.6. The molecule has 0 fully saturated rings. The number of carbonyl (C=O) groups excluding carboxylic acids is 1. The summed E-state index contributed by atoms with van der Waals surface area (Å²) in [7, 11) is -3.74. The molecule has 8 heteroatoms. The summed E-state index contributed by atoms with van der Waals surface area (Å²) in [6, 6.07) is 13.1. The van der Waals surface area contributed by atoms with Crippen molar-refractivity contribution >= 4 is 27.4 Å². The van der Waals surface area contributed by atoms with Crippen molar-refractivity contribution < 1.29 is 17.9 Å². The number of aryl methyl sites for hydroxylation is 2. The fraction of sp³-hybridized carbons (Fsp3) is 0.200. The van der Waals surface area contributed by atoms with Gasteiger partial charge in [-0.3, -0.25) is 4.72 Å². The van der Waals surface area contributed by atoms with Crippen LogP contribution in [0.1, 0.15) is 18.1 Å². The zero-order valence-corrected chi connectivity index (χ0v) is 16.6. The predicted octanol–water partition coefficient (Wildman–Crippen LogP) is 3.49. The first-order valence-corrected chi connectivity index (χ1v) is 9.99. The molecule has 2 aromatic carbocycles. The Morgan fingerprint density at radius 2 is 1.86 bits per heavy atom. The van der Waals surface area contributed by atoms with Gasteiger partial charge in [-0.2, -0.15) is 5.26 Å². The van der Waals surface area contributed by atoms with Crippen LogP contribution in [0, 0.1) is 25.2 Å². The van der Waals surface area contributed by atoms with E-state index in [1.165, 1.54) is 30.5 Å². The number of sulfonamides is 1. The third-order valence-electron chi connectivity index (χ3n) is 3.79. The summed E-state index contributed by atoms with van der Waals surface area (Å²) in [5.74, 6) is -0.727. The second-order valence-electron chi connectivity index (χ2n) is 5.98. The van der Waals surface area contributed by atoms with Gasteiger partial charge in [-0.1, -0.05) is 17.7 Å². The zero-order chi connectivity index (χ0) is 20.7. The van der Waals surface area contributed by atoms with Crippen molar-refractivity contribution in [2.24, 2.45) is 0 Å². The van der Waals surface area contributed by atoms with E-state index in [1.54, 1.807) is 19.1 Å². The van der Waals surface area contributed by atoms with E-state index in [9.17, 15) is 13.2 Å². The molecule has 0 bridgehead atoms. The van der Waals surface area contributed by atoms with Crippen molar-refractivity contribution in [1.82, 2.24) is 0 Å². The Balaban J connectivity index is 2.15. The van der Waals surface area contributed by atoms with Crippen LogP contribution in [0.5, 0.6) is 0 Å². The number of hydrogen-bond donors (Lipinski definition) is 2. The highest BCUT2D eigenvalue weighted by atomic mass is 32.2. The number of nitrogens with zero attached hydrogens (tertiary/aromatic N) is 1. The SMILES string of the molecule is CCOC(=O)/C(C#N)=C\Nc1ccc(S(=O)(=O)Nc2ccc(C)cc2C)cc1. The lowest BCUT2D eigenvalue weighted by molar-refractivity contribution is -0.138. The van der Waals surface area contributed by atoms with Gasteiger partial charge >= 0.3 is 5.97 Å². The molecule has 2 N–H and O–H groups in total. The molecule has 2 rings (SSSR count). The van der Waals surface area contributed by atoms with Gasteiger partial charge in [0.25, 0.3) is 10.0 Å². The van der Waals surface area contributed by atoms with Crippen LogP contribution in [-0.4, -0.2) is 21.0 Å². The number of esters is 1. The highest BCUT2D eigenvalue weighted by Crippen LogP contribution is 2.22. The van der Waals surface area contributed by atoms with Gasteiger partial charge in [0.15, 0.2) is 5.57 Å². The number of nitrogens with one attached hydrogen (secondary N) is 2. The molecule has 7 nitrogen and oxygen atoms in total. The smallest absolute Gasteiger partial charge is 0.350 e. The van der Waals surface area contributed by atoms with Crippen LogP contribution in [0.2, 0.25) is 0 Å². The summed E-state index contributed by atoms with van der Waals surface area (Å²) in [4.78, 5) is 11.7. The first-order chi connectivity index (χ1) is 13.3. The molecule has 0 atom stereocenters. The highest BCUT2D eigenvalue weighted by Gasteiger charge is 2.15. The zero-order valence-electron chi connectivity index (χ0n) is 15.8.